The molecule has 0 bridgehead atoms. The summed E-state index contributed by atoms with van der Waals surface area (Å²) in [7, 11) is 0. The first kappa shape index (κ1) is 11.7. The third-order valence-corrected chi connectivity index (χ3v) is 3.06. The number of Topliss-reactive ketones (excluding diaryl/α,β-unsaturated/α-hetero) is 1. The molecule has 0 N–H and O–H groups in total. The van der Waals surface area contributed by atoms with E-state index in [0.717, 1.165) is 5.56 Å². The van der Waals surface area contributed by atoms with Crippen LogP contribution in [0.15, 0.2) is 42.7 Å². The van der Waals surface area contributed by atoms with Gasteiger partial charge in [-0.25, -0.2) is 0 Å². The zero-order valence-electron chi connectivity index (χ0n) is 10.3. The van der Waals surface area contributed by atoms with Crippen molar-refractivity contribution in [2.24, 2.45) is 0 Å². The first-order valence-electron chi connectivity index (χ1n) is 6.15. The number of carbonyl (C=O) groups excluding carboxylic acids is 1. The van der Waals surface area contributed by atoms with Gasteiger partial charge in [-0.2, -0.15) is 0 Å². The van der Waals surface area contributed by atoms with Crippen molar-refractivity contribution in [3.05, 3.63) is 53.9 Å². The number of rotatable bonds is 4. The molecule has 4 nitrogen and oxygen atoms in total. The Morgan fingerprint density at radius 3 is 2.95 bits per heavy atom. The summed E-state index contributed by atoms with van der Waals surface area (Å²) in [5, 5.41) is 0. The molecule has 19 heavy (non-hydrogen) atoms. The highest BCUT2D eigenvalue weighted by molar-refractivity contribution is 5.96. The minimum atomic E-state index is 0.0992. The van der Waals surface area contributed by atoms with Crippen molar-refractivity contribution in [3.8, 4) is 11.5 Å². The zero-order valence-corrected chi connectivity index (χ0v) is 10.3. The van der Waals surface area contributed by atoms with Crippen LogP contribution in [-0.2, 0) is 6.42 Å². The number of ether oxygens (including phenoxy) is 2. The van der Waals surface area contributed by atoms with Gasteiger partial charge in [0.25, 0.3) is 0 Å². The molecule has 0 spiro atoms. The number of hydrogen-bond donors (Lipinski definition) is 0. The van der Waals surface area contributed by atoms with Crippen molar-refractivity contribution >= 4 is 5.78 Å². The normalized spacial score (nSPS) is 12.4. The molecule has 0 saturated heterocycles. The second-order valence-corrected chi connectivity index (χ2v) is 4.35. The smallest absolute Gasteiger partial charge is 0.231 e. The average Bonchev–Trinajstić information content (AvgIpc) is 2.93. The Hall–Kier alpha value is -2.36. The number of nitrogens with zero attached hydrogens (tertiary/aromatic N) is 1. The summed E-state index contributed by atoms with van der Waals surface area (Å²) in [5.41, 5.74) is 1.73. The summed E-state index contributed by atoms with van der Waals surface area (Å²) in [4.78, 5) is 16.1. The maximum Gasteiger partial charge on any atom is 0.231 e. The summed E-state index contributed by atoms with van der Waals surface area (Å²) in [5.74, 6) is 1.44. The topological polar surface area (TPSA) is 48.4 Å². The van der Waals surface area contributed by atoms with Crippen LogP contribution in [0.3, 0.4) is 0 Å². The number of ketones is 1. The molecule has 0 unspecified atom stereocenters. The molecule has 1 aliphatic rings. The first-order chi connectivity index (χ1) is 9.33. The Labute approximate surface area is 111 Å². The molecule has 3 rings (SSSR count). The first-order valence-corrected chi connectivity index (χ1v) is 6.15. The van der Waals surface area contributed by atoms with Crippen molar-refractivity contribution in [2.45, 2.75) is 12.8 Å². The SMILES string of the molecule is O=C(CCc1cccnc1)c1ccc2c(c1)OCO2. The molecule has 0 radical (unpaired) electrons. The van der Waals surface area contributed by atoms with E-state index in [9.17, 15) is 4.79 Å². The van der Waals surface area contributed by atoms with Crippen LogP contribution in [0.2, 0.25) is 0 Å². The number of aryl methyl sites for hydroxylation is 1. The summed E-state index contributed by atoms with van der Waals surface area (Å²) >= 11 is 0. The van der Waals surface area contributed by atoms with E-state index in [2.05, 4.69) is 4.98 Å². The number of hydrogen-bond acceptors (Lipinski definition) is 4. The van der Waals surface area contributed by atoms with Crippen LogP contribution in [-0.4, -0.2) is 17.6 Å². The predicted octanol–water partition coefficient (Wildman–Crippen LogP) is 2.63. The van der Waals surface area contributed by atoms with Crippen LogP contribution in [0, 0.1) is 0 Å². The lowest BCUT2D eigenvalue weighted by Gasteiger charge is -2.03. The molecule has 1 aromatic carbocycles. The van der Waals surface area contributed by atoms with Gasteiger partial charge in [0.05, 0.1) is 0 Å². The fraction of sp³-hybridized carbons (Fsp3) is 0.200. The molecule has 0 amide bonds. The molecular weight excluding hydrogens is 242 g/mol. The van der Waals surface area contributed by atoms with Gasteiger partial charge in [0.15, 0.2) is 17.3 Å². The van der Waals surface area contributed by atoms with Crippen LogP contribution in [0.1, 0.15) is 22.3 Å². The molecule has 2 heterocycles. The molecule has 1 aliphatic heterocycles. The van der Waals surface area contributed by atoms with Gasteiger partial charge in [-0.05, 0) is 36.2 Å². The van der Waals surface area contributed by atoms with Crippen molar-refractivity contribution < 1.29 is 14.3 Å². The van der Waals surface area contributed by atoms with Crippen LogP contribution < -0.4 is 9.47 Å². The molecule has 0 aliphatic carbocycles. The second-order valence-electron chi connectivity index (χ2n) is 4.35. The Balaban J connectivity index is 1.67. The zero-order chi connectivity index (χ0) is 13.1. The summed E-state index contributed by atoms with van der Waals surface area (Å²) in [6.45, 7) is 0.225. The van der Waals surface area contributed by atoms with E-state index in [1.54, 1.807) is 30.6 Å². The number of carbonyl (C=O) groups is 1. The monoisotopic (exact) mass is 255 g/mol. The number of aromatic nitrogens is 1. The number of benzene rings is 1. The maximum absolute atomic E-state index is 12.1. The fourth-order valence-corrected chi connectivity index (χ4v) is 2.02. The van der Waals surface area contributed by atoms with Crippen molar-refractivity contribution in [1.29, 1.82) is 0 Å². The number of fused-ring (bicyclic) bond motifs is 1. The minimum absolute atomic E-state index is 0.0992. The molecule has 1 aromatic heterocycles. The molecule has 96 valence electrons. The average molecular weight is 255 g/mol. The third kappa shape index (κ3) is 2.57. The largest absolute Gasteiger partial charge is 0.454 e. The van der Waals surface area contributed by atoms with Crippen LogP contribution >= 0.6 is 0 Å². The number of pyridine rings is 1. The van der Waals surface area contributed by atoms with Crippen molar-refractivity contribution in [3.63, 3.8) is 0 Å². The Morgan fingerprint density at radius 1 is 1.21 bits per heavy atom. The lowest BCUT2D eigenvalue weighted by molar-refractivity contribution is 0.0982. The van der Waals surface area contributed by atoms with Gasteiger partial charge in [0.2, 0.25) is 6.79 Å². The lowest BCUT2D eigenvalue weighted by atomic mass is 10.0. The van der Waals surface area contributed by atoms with Gasteiger partial charge in [0, 0.05) is 24.4 Å². The molecule has 0 saturated carbocycles. The standard InChI is InChI=1S/C15H13NO3/c17-13(5-3-11-2-1-7-16-9-11)12-4-6-14-15(8-12)19-10-18-14/h1-2,4,6-9H,3,5,10H2. The molecular formula is C15H13NO3. The quantitative estimate of drug-likeness (QED) is 0.788. The minimum Gasteiger partial charge on any atom is -0.454 e. The van der Waals surface area contributed by atoms with E-state index in [0.29, 0.717) is 29.9 Å². The fourth-order valence-electron chi connectivity index (χ4n) is 2.02. The molecule has 0 atom stereocenters. The van der Waals surface area contributed by atoms with Gasteiger partial charge >= 0.3 is 0 Å². The summed E-state index contributed by atoms with van der Waals surface area (Å²) in [6.07, 6.45) is 4.67. The molecule has 0 fully saturated rings. The van der Waals surface area contributed by atoms with Gasteiger partial charge in [-0.1, -0.05) is 6.07 Å². The van der Waals surface area contributed by atoms with E-state index in [4.69, 9.17) is 9.47 Å². The van der Waals surface area contributed by atoms with Gasteiger partial charge < -0.3 is 9.47 Å². The van der Waals surface area contributed by atoms with E-state index in [1.807, 2.05) is 12.1 Å². The highest BCUT2D eigenvalue weighted by atomic mass is 16.7. The Morgan fingerprint density at radius 2 is 2.11 bits per heavy atom. The molecule has 4 heteroatoms. The van der Waals surface area contributed by atoms with Crippen molar-refractivity contribution in [2.75, 3.05) is 6.79 Å². The predicted molar refractivity (Wildman–Crippen MR) is 69.5 cm³/mol. The summed E-state index contributed by atoms with van der Waals surface area (Å²) in [6, 6.07) is 9.15. The maximum atomic E-state index is 12.1. The highest BCUT2D eigenvalue weighted by Crippen LogP contribution is 2.32. The van der Waals surface area contributed by atoms with Gasteiger partial charge in [-0.15, -0.1) is 0 Å². The molecule has 2 aromatic rings. The van der Waals surface area contributed by atoms with E-state index >= 15 is 0 Å². The Bertz CT molecular complexity index is 596. The van der Waals surface area contributed by atoms with Crippen LogP contribution in [0.25, 0.3) is 0 Å². The Kier molecular flexibility index (Phi) is 3.14. The second kappa shape index (κ2) is 5.10. The highest BCUT2D eigenvalue weighted by Gasteiger charge is 2.16. The van der Waals surface area contributed by atoms with E-state index < -0.39 is 0 Å². The van der Waals surface area contributed by atoms with Gasteiger partial charge in [0.1, 0.15) is 0 Å². The van der Waals surface area contributed by atoms with E-state index in [1.165, 1.54) is 0 Å². The lowest BCUT2D eigenvalue weighted by Crippen LogP contribution is -2.01. The van der Waals surface area contributed by atoms with Crippen LogP contribution in [0.4, 0.5) is 0 Å². The summed E-state index contributed by atoms with van der Waals surface area (Å²) < 4.78 is 10.5. The third-order valence-electron chi connectivity index (χ3n) is 3.06. The van der Waals surface area contributed by atoms with Gasteiger partial charge in [-0.3, -0.25) is 9.78 Å². The van der Waals surface area contributed by atoms with Crippen LogP contribution in [0.5, 0.6) is 11.5 Å². The van der Waals surface area contributed by atoms with Crippen molar-refractivity contribution in [1.82, 2.24) is 4.98 Å². The van der Waals surface area contributed by atoms with E-state index in [-0.39, 0.29) is 12.6 Å².